The summed E-state index contributed by atoms with van der Waals surface area (Å²) < 4.78 is 9.95. The zero-order valence-electron chi connectivity index (χ0n) is 11.5. The monoisotopic (exact) mass is 290 g/mol. The van der Waals surface area contributed by atoms with E-state index in [-0.39, 0.29) is 24.0 Å². The fraction of sp³-hybridized carbons (Fsp3) is 0.214. The van der Waals surface area contributed by atoms with Crippen molar-refractivity contribution in [2.24, 2.45) is 0 Å². The number of hydrogen-bond donors (Lipinski definition) is 2. The highest BCUT2D eigenvalue weighted by Gasteiger charge is 2.10. The predicted octanol–water partition coefficient (Wildman–Crippen LogP) is 2.01. The summed E-state index contributed by atoms with van der Waals surface area (Å²) in [6, 6.07) is 6.12. The third-order valence-electron chi connectivity index (χ3n) is 2.70. The van der Waals surface area contributed by atoms with E-state index in [0.29, 0.717) is 17.0 Å². The van der Waals surface area contributed by atoms with Crippen molar-refractivity contribution in [1.29, 1.82) is 0 Å². The molecule has 0 atom stereocenters. The van der Waals surface area contributed by atoms with E-state index in [1.54, 1.807) is 26.0 Å². The van der Waals surface area contributed by atoms with Crippen LogP contribution in [0.1, 0.15) is 21.7 Å². The molecule has 0 saturated carbocycles. The molecule has 1 amide bonds. The van der Waals surface area contributed by atoms with E-state index < -0.39 is 5.97 Å². The van der Waals surface area contributed by atoms with Gasteiger partial charge in [0.15, 0.2) is 6.61 Å². The Kier molecular flexibility index (Phi) is 4.22. The van der Waals surface area contributed by atoms with Crippen LogP contribution in [0.4, 0.5) is 5.69 Å². The fourth-order valence-corrected chi connectivity index (χ4v) is 1.73. The molecule has 0 aliphatic carbocycles. The van der Waals surface area contributed by atoms with Crippen LogP contribution in [0, 0.1) is 13.8 Å². The topological polar surface area (TPSA) is 102 Å². The number of nitrogens with zero attached hydrogens (tertiary/aromatic N) is 1. The van der Waals surface area contributed by atoms with Gasteiger partial charge in [-0.25, -0.2) is 4.79 Å². The number of nitrogens with one attached hydrogen (secondary N) is 1. The molecule has 1 aromatic carbocycles. The van der Waals surface area contributed by atoms with E-state index in [9.17, 15) is 9.59 Å². The minimum Gasteiger partial charge on any atom is -0.478 e. The van der Waals surface area contributed by atoms with Crippen molar-refractivity contribution in [2.45, 2.75) is 13.8 Å². The second kappa shape index (κ2) is 6.08. The summed E-state index contributed by atoms with van der Waals surface area (Å²) in [4.78, 5) is 22.6. The third-order valence-corrected chi connectivity index (χ3v) is 2.70. The van der Waals surface area contributed by atoms with Gasteiger partial charge in [-0.05, 0) is 42.8 Å². The smallest absolute Gasteiger partial charge is 0.335 e. The number of rotatable bonds is 5. The summed E-state index contributed by atoms with van der Waals surface area (Å²) in [5, 5.41) is 15.1. The first-order valence-corrected chi connectivity index (χ1v) is 6.15. The Morgan fingerprint density at radius 2 is 2.10 bits per heavy atom. The lowest BCUT2D eigenvalue weighted by Gasteiger charge is -2.07. The lowest BCUT2D eigenvalue weighted by atomic mass is 10.1. The summed E-state index contributed by atoms with van der Waals surface area (Å²) >= 11 is 0. The van der Waals surface area contributed by atoms with Crippen LogP contribution in [0.5, 0.6) is 5.88 Å². The quantitative estimate of drug-likeness (QED) is 0.873. The van der Waals surface area contributed by atoms with E-state index in [2.05, 4.69) is 10.5 Å². The second-order valence-corrected chi connectivity index (χ2v) is 4.45. The van der Waals surface area contributed by atoms with Crippen molar-refractivity contribution in [3.05, 3.63) is 41.2 Å². The maximum absolute atomic E-state index is 11.7. The van der Waals surface area contributed by atoms with Crippen LogP contribution in [0.2, 0.25) is 0 Å². The van der Waals surface area contributed by atoms with E-state index in [1.807, 2.05) is 0 Å². The average Bonchev–Trinajstić information content (AvgIpc) is 2.82. The first-order chi connectivity index (χ1) is 9.95. The zero-order chi connectivity index (χ0) is 15.4. The van der Waals surface area contributed by atoms with Gasteiger partial charge >= 0.3 is 5.97 Å². The van der Waals surface area contributed by atoms with Crippen LogP contribution >= 0.6 is 0 Å². The molecule has 2 rings (SSSR count). The first-order valence-electron chi connectivity index (χ1n) is 6.15. The summed E-state index contributed by atoms with van der Waals surface area (Å²) in [6.07, 6.45) is 0. The van der Waals surface area contributed by atoms with Crippen molar-refractivity contribution in [1.82, 2.24) is 5.16 Å². The molecular formula is C14H14N2O5. The molecule has 2 aromatic rings. The van der Waals surface area contributed by atoms with Gasteiger partial charge in [0.05, 0.1) is 5.56 Å². The highest BCUT2D eigenvalue weighted by atomic mass is 16.5. The van der Waals surface area contributed by atoms with Gasteiger partial charge in [0.25, 0.3) is 11.8 Å². The molecule has 2 N–H and O–H groups in total. The average molecular weight is 290 g/mol. The van der Waals surface area contributed by atoms with Gasteiger partial charge in [0.1, 0.15) is 5.76 Å². The van der Waals surface area contributed by atoms with Gasteiger partial charge in [-0.15, -0.1) is 0 Å². The van der Waals surface area contributed by atoms with E-state index in [1.165, 1.54) is 12.1 Å². The van der Waals surface area contributed by atoms with Crippen LogP contribution in [-0.4, -0.2) is 28.7 Å². The molecule has 1 heterocycles. The SMILES string of the molecule is Cc1cc(OCC(=O)Nc2ccc(C(=O)O)c(C)c2)no1. The van der Waals surface area contributed by atoms with Crippen LogP contribution in [0.15, 0.2) is 28.8 Å². The predicted molar refractivity (Wildman–Crippen MR) is 73.5 cm³/mol. The van der Waals surface area contributed by atoms with Crippen molar-refractivity contribution < 1.29 is 24.0 Å². The maximum atomic E-state index is 11.7. The van der Waals surface area contributed by atoms with Gasteiger partial charge in [0, 0.05) is 11.8 Å². The lowest BCUT2D eigenvalue weighted by molar-refractivity contribution is -0.118. The van der Waals surface area contributed by atoms with E-state index in [0.717, 1.165) is 0 Å². The summed E-state index contributed by atoms with van der Waals surface area (Å²) in [5.74, 6) is -0.557. The van der Waals surface area contributed by atoms with E-state index >= 15 is 0 Å². The van der Waals surface area contributed by atoms with Crippen LogP contribution in [-0.2, 0) is 4.79 Å². The molecule has 0 saturated heterocycles. The second-order valence-electron chi connectivity index (χ2n) is 4.45. The Balaban J connectivity index is 1.93. The lowest BCUT2D eigenvalue weighted by Crippen LogP contribution is -2.20. The molecule has 0 unspecified atom stereocenters. The van der Waals surface area contributed by atoms with Crippen molar-refractivity contribution in [2.75, 3.05) is 11.9 Å². The number of aryl methyl sites for hydroxylation is 2. The number of ether oxygens (including phenoxy) is 1. The molecule has 7 nitrogen and oxygen atoms in total. The van der Waals surface area contributed by atoms with Crippen LogP contribution in [0.25, 0.3) is 0 Å². The molecule has 0 radical (unpaired) electrons. The number of aromatic nitrogens is 1. The van der Waals surface area contributed by atoms with Gasteiger partial charge in [-0.2, -0.15) is 0 Å². The molecule has 0 aliphatic rings. The number of anilines is 1. The largest absolute Gasteiger partial charge is 0.478 e. The molecular weight excluding hydrogens is 276 g/mol. The maximum Gasteiger partial charge on any atom is 0.335 e. The minimum absolute atomic E-state index is 0.197. The van der Waals surface area contributed by atoms with Gasteiger partial charge in [0.2, 0.25) is 0 Å². The highest BCUT2D eigenvalue weighted by molar-refractivity contribution is 5.94. The van der Waals surface area contributed by atoms with Crippen molar-refractivity contribution >= 4 is 17.6 Å². The first kappa shape index (κ1) is 14.6. The highest BCUT2D eigenvalue weighted by Crippen LogP contribution is 2.15. The number of carbonyl (C=O) groups is 2. The fourth-order valence-electron chi connectivity index (χ4n) is 1.73. The number of carbonyl (C=O) groups excluding carboxylic acids is 1. The van der Waals surface area contributed by atoms with Gasteiger partial charge in [-0.3, -0.25) is 4.79 Å². The number of aromatic carboxylic acids is 1. The molecule has 0 spiro atoms. The van der Waals surface area contributed by atoms with Crippen LogP contribution < -0.4 is 10.1 Å². The number of carboxylic acid groups (broad SMARTS) is 1. The third kappa shape index (κ3) is 3.82. The van der Waals surface area contributed by atoms with Crippen molar-refractivity contribution in [3.63, 3.8) is 0 Å². The molecule has 0 bridgehead atoms. The summed E-state index contributed by atoms with van der Waals surface area (Å²) in [6.45, 7) is 3.16. The van der Waals surface area contributed by atoms with Gasteiger partial charge < -0.3 is 19.7 Å². The Morgan fingerprint density at radius 1 is 1.33 bits per heavy atom. The minimum atomic E-state index is -1.00. The Morgan fingerprint density at radius 3 is 2.67 bits per heavy atom. The zero-order valence-corrected chi connectivity index (χ0v) is 11.5. The Labute approximate surface area is 120 Å². The Bertz CT molecular complexity index is 678. The number of amides is 1. The molecule has 1 aromatic heterocycles. The summed E-state index contributed by atoms with van der Waals surface area (Å²) in [7, 11) is 0. The van der Waals surface area contributed by atoms with E-state index in [4.69, 9.17) is 14.4 Å². The normalized spacial score (nSPS) is 10.2. The Hall–Kier alpha value is -2.83. The molecule has 110 valence electrons. The number of benzene rings is 1. The van der Waals surface area contributed by atoms with Crippen LogP contribution in [0.3, 0.4) is 0 Å². The van der Waals surface area contributed by atoms with Gasteiger partial charge in [-0.1, -0.05) is 0 Å². The number of carboxylic acids is 1. The molecule has 0 aliphatic heterocycles. The standard InChI is InChI=1S/C14H14N2O5/c1-8-5-10(3-4-11(8)14(18)19)15-12(17)7-20-13-6-9(2)21-16-13/h3-6H,7H2,1-2H3,(H,15,17)(H,18,19). The molecule has 21 heavy (non-hydrogen) atoms. The summed E-state index contributed by atoms with van der Waals surface area (Å²) in [5.41, 5.74) is 1.26. The molecule has 7 heteroatoms. The molecule has 0 fully saturated rings. The van der Waals surface area contributed by atoms with Crippen molar-refractivity contribution in [3.8, 4) is 5.88 Å². The number of hydrogen-bond acceptors (Lipinski definition) is 5.